The number of hydrogen-bond acceptors (Lipinski definition) is 11. The Labute approximate surface area is 309 Å². The van der Waals surface area contributed by atoms with Gasteiger partial charge in [0, 0.05) is 58.0 Å². The van der Waals surface area contributed by atoms with Gasteiger partial charge < -0.3 is 48.1 Å². The lowest BCUT2D eigenvalue weighted by atomic mass is 9.81. The summed E-state index contributed by atoms with van der Waals surface area (Å²) < 4.78 is 53.0. The largest absolute Gasteiger partial charge is 0.393 e. The fourth-order valence-corrected chi connectivity index (χ4v) is 10.9. The van der Waals surface area contributed by atoms with Crippen LogP contribution in [0.3, 0.4) is 0 Å². The molecule has 8 rings (SSSR count). The second kappa shape index (κ2) is 15.4. The third-order valence-corrected chi connectivity index (χ3v) is 13.8. The van der Waals surface area contributed by atoms with E-state index in [2.05, 4.69) is 20.1 Å². The van der Waals surface area contributed by atoms with E-state index in [-0.39, 0.29) is 90.9 Å². The van der Waals surface area contributed by atoms with E-state index < -0.39 is 24.1 Å². The maximum atomic E-state index is 14.0. The van der Waals surface area contributed by atoms with Crippen LogP contribution in [0.15, 0.2) is 24.3 Å². The Morgan fingerprint density at radius 3 is 2.42 bits per heavy atom. The number of carbonyl (C=O) groups excluding carboxylic acids is 1. The quantitative estimate of drug-likeness (QED) is 0.384. The number of hydrogen-bond donors (Lipinski definition) is 2. The number of aliphatic hydroxyl groups is 2. The van der Waals surface area contributed by atoms with Crippen LogP contribution in [0.1, 0.15) is 110 Å². The highest BCUT2D eigenvalue weighted by atomic mass is 16.7. The third-order valence-electron chi connectivity index (χ3n) is 13.8. The standard InChI is InChI=1S/C41H62O11/c1-6-24(42)17-35-38(45-5)29-16-25(43)15-27-8-10-32-40(48-27)37-19-36(49-32)39-30(44)20-41(51-37,52-39)12-11-28-14-22(3)31(46-28)9-7-26-13-21(2)23(4)33(47-26)18-34(29)50-35/h21,24,26-40,42,44H,3-4,6-20H2,1-2,5H3/t21-,24-,26+,27-,28?,29+,30-,31+,32+,33-,34+,35-,36-,37-,38-,39+,40+,41-/m1/s1. The van der Waals surface area contributed by atoms with Crippen LogP contribution in [0.2, 0.25) is 0 Å². The van der Waals surface area contributed by atoms with E-state index in [0.717, 1.165) is 49.7 Å². The first-order valence-corrected chi connectivity index (χ1v) is 20.4. The van der Waals surface area contributed by atoms with Crippen LogP contribution >= 0.6 is 0 Å². The lowest BCUT2D eigenvalue weighted by molar-refractivity contribution is -0.277. The van der Waals surface area contributed by atoms with E-state index in [0.29, 0.717) is 57.8 Å². The molecule has 0 aromatic rings. The van der Waals surface area contributed by atoms with Crippen LogP contribution in [0.4, 0.5) is 0 Å². The van der Waals surface area contributed by atoms with E-state index in [1.54, 1.807) is 7.11 Å². The van der Waals surface area contributed by atoms with Crippen molar-refractivity contribution >= 4 is 5.78 Å². The van der Waals surface area contributed by atoms with Gasteiger partial charge in [-0.3, -0.25) is 4.79 Å². The van der Waals surface area contributed by atoms with E-state index in [1.165, 1.54) is 0 Å². The van der Waals surface area contributed by atoms with Crippen LogP contribution in [-0.2, 0) is 42.7 Å². The minimum atomic E-state index is -0.939. The first kappa shape index (κ1) is 37.7. The maximum absolute atomic E-state index is 14.0. The van der Waals surface area contributed by atoms with Crippen molar-refractivity contribution in [1.82, 2.24) is 0 Å². The van der Waals surface area contributed by atoms with Gasteiger partial charge in [0.05, 0.1) is 79.4 Å². The molecule has 18 atom stereocenters. The summed E-state index contributed by atoms with van der Waals surface area (Å²) in [4.78, 5) is 14.0. The van der Waals surface area contributed by atoms with E-state index in [4.69, 9.17) is 37.9 Å². The van der Waals surface area contributed by atoms with E-state index in [1.807, 2.05) is 6.92 Å². The number of ketones is 1. The normalized spacial score (nSPS) is 50.4. The number of methoxy groups -OCH3 is 1. The number of rotatable bonds is 4. The number of aliphatic hydroxyl groups excluding tert-OH is 2. The zero-order chi connectivity index (χ0) is 36.3. The topological polar surface area (TPSA) is 131 Å². The van der Waals surface area contributed by atoms with Crippen molar-refractivity contribution in [3.63, 3.8) is 0 Å². The van der Waals surface area contributed by atoms with Gasteiger partial charge >= 0.3 is 0 Å². The zero-order valence-electron chi connectivity index (χ0n) is 31.4. The Hall–Kier alpha value is -1.25. The lowest BCUT2D eigenvalue weighted by Crippen LogP contribution is -2.58. The Kier molecular flexibility index (Phi) is 11.1. The van der Waals surface area contributed by atoms with E-state index >= 15 is 0 Å². The second-order valence-corrected chi connectivity index (χ2v) is 17.4. The SMILES string of the molecule is C=C1CC2CC[C@]34C[C@@H](O)[C@H](O3)[C@H]3C[C@@H](O4)[C@H]4O[C@H](CC[C@@H]4O3)CC(=O)C[C@@H]3[C@@H](OC)[C@@H](C[C@H](O)CC)O[C@H]3C[C@H]3O[C@@H](CC[C@@H]1O2)C[C@@H](C)C3=C. The second-order valence-electron chi connectivity index (χ2n) is 17.4. The number of fused-ring (bicyclic) bond motifs is 9. The van der Waals surface area contributed by atoms with Crippen molar-refractivity contribution in [2.45, 2.75) is 208 Å². The fourth-order valence-electron chi connectivity index (χ4n) is 10.9. The zero-order valence-corrected chi connectivity index (χ0v) is 31.4. The van der Waals surface area contributed by atoms with Gasteiger partial charge in [0.1, 0.15) is 18.0 Å². The minimum absolute atomic E-state index is 0.00384. The summed E-state index contributed by atoms with van der Waals surface area (Å²) in [6.07, 6.45) is 5.35. The van der Waals surface area contributed by atoms with Crippen molar-refractivity contribution in [2.24, 2.45) is 11.8 Å². The van der Waals surface area contributed by atoms with Crippen molar-refractivity contribution in [2.75, 3.05) is 7.11 Å². The van der Waals surface area contributed by atoms with Crippen LogP contribution < -0.4 is 0 Å². The van der Waals surface area contributed by atoms with Crippen molar-refractivity contribution in [1.29, 1.82) is 0 Å². The maximum Gasteiger partial charge on any atom is 0.172 e. The highest BCUT2D eigenvalue weighted by Gasteiger charge is 2.59. The summed E-state index contributed by atoms with van der Waals surface area (Å²) in [6.45, 7) is 13.1. The van der Waals surface area contributed by atoms with Gasteiger partial charge in [0.25, 0.3) is 0 Å². The molecule has 8 fully saturated rings. The molecule has 11 heteroatoms. The molecule has 8 aliphatic rings. The monoisotopic (exact) mass is 730 g/mol. The lowest BCUT2D eigenvalue weighted by Gasteiger charge is -2.47. The van der Waals surface area contributed by atoms with Gasteiger partial charge in [-0.25, -0.2) is 0 Å². The molecule has 1 unspecified atom stereocenters. The molecule has 292 valence electrons. The van der Waals surface area contributed by atoms with Crippen LogP contribution in [0, 0.1) is 11.8 Å². The van der Waals surface area contributed by atoms with Crippen molar-refractivity contribution < 1.29 is 52.9 Å². The Morgan fingerprint density at radius 2 is 1.62 bits per heavy atom. The molecular weight excluding hydrogens is 668 g/mol. The van der Waals surface area contributed by atoms with Gasteiger partial charge in [0.2, 0.25) is 0 Å². The molecule has 0 radical (unpaired) electrons. The van der Waals surface area contributed by atoms with Gasteiger partial charge in [-0.15, -0.1) is 0 Å². The van der Waals surface area contributed by atoms with Crippen LogP contribution in [-0.4, -0.2) is 120 Å². The fraction of sp³-hybridized carbons (Fsp3) is 0.878. The summed E-state index contributed by atoms with van der Waals surface area (Å²) in [5.74, 6) is -0.729. The minimum Gasteiger partial charge on any atom is -0.393 e. The highest BCUT2D eigenvalue weighted by molar-refractivity contribution is 5.79. The first-order chi connectivity index (χ1) is 25.0. The number of ether oxygens (including phenoxy) is 8. The van der Waals surface area contributed by atoms with E-state index in [9.17, 15) is 15.0 Å². The summed E-state index contributed by atoms with van der Waals surface area (Å²) in [7, 11) is 1.68. The Bertz CT molecular complexity index is 1320. The molecule has 0 aromatic heterocycles. The van der Waals surface area contributed by atoms with Crippen molar-refractivity contribution in [3.05, 3.63) is 24.3 Å². The molecule has 11 nitrogen and oxygen atoms in total. The molecule has 0 amide bonds. The van der Waals surface area contributed by atoms with Crippen LogP contribution in [0.5, 0.6) is 0 Å². The molecule has 8 heterocycles. The summed E-state index contributed by atoms with van der Waals surface area (Å²) >= 11 is 0. The molecule has 0 aromatic carbocycles. The van der Waals surface area contributed by atoms with Gasteiger partial charge in [-0.05, 0) is 68.4 Å². The number of carbonyl (C=O) groups is 1. The molecular formula is C41H62O11. The summed E-state index contributed by atoms with van der Waals surface area (Å²) in [5, 5.41) is 21.8. The average molecular weight is 731 g/mol. The van der Waals surface area contributed by atoms with Gasteiger partial charge in [-0.2, -0.15) is 0 Å². The van der Waals surface area contributed by atoms with Crippen molar-refractivity contribution in [3.8, 4) is 0 Å². The smallest absolute Gasteiger partial charge is 0.172 e. The first-order valence-electron chi connectivity index (χ1n) is 20.4. The third kappa shape index (κ3) is 7.50. The summed E-state index contributed by atoms with van der Waals surface area (Å²) in [6, 6.07) is 0. The molecule has 52 heavy (non-hydrogen) atoms. The molecule has 1 spiro atoms. The Balaban J connectivity index is 1.06. The molecule has 8 aliphatic heterocycles. The predicted octanol–water partition coefficient (Wildman–Crippen LogP) is 4.87. The average Bonchev–Trinajstić information content (AvgIpc) is 3.72. The highest BCUT2D eigenvalue weighted by Crippen LogP contribution is 2.49. The predicted molar refractivity (Wildman–Crippen MR) is 189 cm³/mol. The van der Waals surface area contributed by atoms with Gasteiger partial charge in [-0.1, -0.05) is 27.0 Å². The molecule has 2 N–H and O–H groups in total. The molecule has 10 bridgehead atoms. The molecule has 0 saturated carbocycles. The summed E-state index contributed by atoms with van der Waals surface area (Å²) in [5.41, 5.74) is 2.18. The number of Topliss-reactive ketones (excluding diaryl/α,β-unsaturated/α-hetero) is 1. The molecule has 0 aliphatic carbocycles. The van der Waals surface area contributed by atoms with Crippen LogP contribution in [0.25, 0.3) is 0 Å². The van der Waals surface area contributed by atoms with Gasteiger partial charge in [0.15, 0.2) is 5.79 Å². The molecule has 8 saturated heterocycles. The Morgan fingerprint density at radius 1 is 0.827 bits per heavy atom.